The highest BCUT2D eigenvalue weighted by Crippen LogP contribution is 2.24. The van der Waals surface area contributed by atoms with Crippen molar-refractivity contribution < 1.29 is 9.59 Å². The molecule has 164 valence electrons. The van der Waals surface area contributed by atoms with Crippen LogP contribution in [0.1, 0.15) is 44.1 Å². The zero-order valence-electron chi connectivity index (χ0n) is 18.3. The second-order valence-electron chi connectivity index (χ2n) is 7.85. The highest BCUT2D eigenvalue weighted by Gasteiger charge is 2.25. The number of hydrogen-bond donors (Lipinski definition) is 2. The summed E-state index contributed by atoms with van der Waals surface area (Å²) in [5.74, 6) is 0.488. The highest BCUT2D eigenvalue weighted by molar-refractivity contribution is 5.88. The number of rotatable bonds is 8. The SMILES string of the molecule is CNC(=O)C(CC=Cc1ccc(N(C)c2ncccn2)cc1)NC(=O)C1CCCCC1. The number of nitrogens with zero attached hydrogens (tertiary/aromatic N) is 3. The Bertz CT molecular complexity index is 877. The smallest absolute Gasteiger partial charge is 0.242 e. The van der Waals surface area contributed by atoms with E-state index >= 15 is 0 Å². The van der Waals surface area contributed by atoms with Gasteiger partial charge in [0.15, 0.2) is 0 Å². The van der Waals surface area contributed by atoms with Gasteiger partial charge in [-0.3, -0.25) is 9.59 Å². The summed E-state index contributed by atoms with van der Waals surface area (Å²) >= 11 is 0. The largest absolute Gasteiger partial charge is 0.357 e. The van der Waals surface area contributed by atoms with E-state index in [1.807, 2.05) is 48.4 Å². The molecule has 2 aromatic rings. The summed E-state index contributed by atoms with van der Waals surface area (Å²) < 4.78 is 0. The number of anilines is 2. The summed E-state index contributed by atoms with van der Waals surface area (Å²) in [6, 6.07) is 9.22. The van der Waals surface area contributed by atoms with Crippen LogP contribution in [-0.2, 0) is 9.59 Å². The lowest BCUT2D eigenvalue weighted by Crippen LogP contribution is -2.47. The minimum Gasteiger partial charge on any atom is -0.357 e. The van der Waals surface area contributed by atoms with E-state index in [-0.39, 0.29) is 17.7 Å². The first-order valence-electron chi connectivity index (χ1n) is 10.9. The molecule has 7 heteroatoms. The number of carbonyl (C=O) groups is 2. The first kappa shape index (κ1) is 22.5. The zero-order valence-corrected chi connectivity index (χ0v) is 18.3. The molecule has 7 nitrogen and oxygen atoms in total. The Morgan fingerprint density at radius 3 is 2.45 bits per heavy atom. The van der Waals surface area contributed by atoms with Crippen LogP contribution in [0.25, 0.3) is 6.08 Å². The molecule has 1 unspecified atom stereocenters. The molecular formula is C24H31N5O2. The lowest BCUT2D eigenvalue weighted by Gasteiger charge is -2.23. The Balaban J connectivity index is 1.58. The summed E-state index contributed by atoms with van der Waals surface area (Å²) in [7, 11) is 3.51. The predicted octanol–water partition coefficient (Wildman–Crippen LogP) is 3.46. The molecule has 0 aliphatic heterocycles. The molecule has 1 aromatic carbocycles. The van der Waals surface area contributed by atoms with Crippen LogP contribution >= 0.6 is 0 Å². The number of likely N-dealkylation sites (N-methyl/N-ethyl adjacent to an activating group) is 1. The first-order chi connectivity index (χ1) is 15.1. The van der Waals surface area contributed by atoms with Crippen molar-refractivity contribution in [2.24, 2.45) is 5.92 Å². The van der Waals surface area contributed by atoms with Crippen molar-refractivity contribution in [3.8, 4) is 0 Å². The van der Waals surface area contributed by atoms with E-state index in [0.717, 1.165) is 36.9 Å². The lowest BCUT2D eigenvalue weighted by atomic mass is 9.88. The second kappa shape index (κ2) is 11.2. The fraction of sp³-hybridized carbons (Fsp3) is 0.417. The third kappa shape index (κ3) is 6.38. The lowest BCUT2D eigenvalue weighted by molar-refractivity contribution is -0.131. The number of aromatic nitrogens is 2. The average Bonchev–Trinajstić information content (AvgIpc) is 2.84. The van der Waals surface area contributed by atoms with Gasteiger partial charge in [-0.05, 0) is 43.0 Å². The van der Waals surface area contributed by atoms with Gasteiger partial charge in [-0.1, -0.05) is 43.5 Å². The summed E-state index contributed by atoms with van der Waals surface area (Å²) in [6.45, 7) is 0. The van der Waals surface area contributed by atoms with Gasteiger partial charge in [0.05, 0.1) is 0 Å². The zero-order chi connectivity index (χ0) is 22.1. The van der Waals surface area contributed by atoms with Crippen molar-refractivity contribution in [3.05, 3.63) is 54.4 Å². The number of nitrogens with one attached hydrogen (secondary N) is 2. The summed E-state index contributed by atoms with van der Waals surface area (Å²) in [6.07, 6.45) is 13.0. The monoisotopic (exact) mass is 421 g/mol. The van der Waals surface area contributed by atoms with Crippen LogP contribution < -0.4 is 15.5 Å². The van der Waals surface area contributed by atoms with Crippen molar-refractivity contribution in [3.63, 3.8) is 0 Å². The maximum atomic E-state index is 12.6. The average molecular weight is 422 g/mol. The number of benzene rings is 1. The molecule has 0 bridgehead atoms. The minimum atomic E-state index is -0.559. The van der Waals surface area contributed by atoms with Crippen LogP contribution in [0.4, 0.5) is 11.6 Å². The van der Waals surface area contributed by atoms with Crippen LogP contribution in [0.15, 0.2) is 48.8 Å². The highest BCUT2D eigenvalue weighted by atomic mass is 16.2. The van der Waals surface area contributed by atoms with Gasteiger partial charge in [-0.2, -0.15) is 0 Å². The standard InChI is InChI=1S/C24H31N5O2/c1-25-23(31)21(28-22(30)19-9-4-3-5-10-19)11-6-8-18-12-14-20(15-13-18)29(2)24-26-16-7-17-27-24/h6-8,12-17,19,21H,3-5,9-11H2,1-2H3,(H,25,31)(H,28,30). The van der Waals surface area contributed by atoms with Crippen LogP contribution in [0.5, 0.6) is 0 Å². The maximum Gasteiger partial charge on any atom is 0.242 e. The van der Waals surface area contributed by atoms with E-state index in [1.165, 1.54) is 6.42 Å². The molecule has 2 amide bonds. The fourth-order valence-corrected chi connectivity index (χ4v) is 3.79. The van der Waals surface area contributed by atoms with E-state index in [1.54, 1.807) is 25.5 Å². The fourth-order valence-electron chi connectivity index (χ4n) is 3.79. The Kier molecular flexibility index (Phi) is 8.15. The van der Waals surface area contributed by atoms with E-state index in [2.05, 4.69) is 20.6 Å². The molecule has 0 radical (unpaired) electrons. The predicted molar refractivity (Wildman–Crippen MR) is 123 cm³/mol. The number of amides is 2. The number of hydrogen-bond acceptors (Lipinski definition) is 5. The van der Waals surface area contributed by atoms with E-state index in [9.17, 15) is 9.59 Å². The molecule has 1 aliphatic carbocycles. The van der Waals surface area contributed by atoms with Crippen molar-refractivity contribution in [2.45, 2.75) is 44.6 Å². The maximum absolute atomic E-state index is 12.6. The van der Waals surface area contributed by atoms with Gasteiger partial charge in [0.1, 0.15) is 6.04 Å². The molecule has 1 atom stereocenters. The van der Waals surface area contributed by atoms with Gasteiger partial charge >= 0.3 is 0 Å². The van der Waals surface area contributed by atoms with Crippen LogP contribution in [0.3, 0.4) is 0 Å². The van der Waals surface area contributed by atoms with E-state index in [0.29, 0.717) is 12.4 Å². The molecule has 3 rings (SSSR count). The molecule has 31 heavy (non-hydrogen) atoms. The summed E-state index contributed by atoms with van der Waals surface area (Å²) in [5, 5.41) is 5.60. The molecule has 2 N–H and O–H groups in total. The van der Waals surface area contributed by atoms with Gasteiger partial charge < -0.3 is 15.5 Å². The number of carbonyl (C=O) groups excluding carboxylic acids is 2. The Morgan fingerprint density at radius 1 is 1.13 bits per heavy atom. The van der Waals surface area contributed by atoms with Gasteiger partial charge in [0, 0.05) is 38.1 Å². The Morgan fingerprint density at radius 2 is 1.81 bits per heavy atom. The molecular weight excluding hydrogens is 390 g/mol. The Labute approximate surface area is 184 Å². The molecule has 1 saturated carbocycles. The third-order valence-electron chi connectivity index (χ3n) is 5.67. The van der Waals surface area contributed by atoms with Crippen molar-refractivity contribution >= 4 is 29.5 Å². The minimum absolute atomic E-state index is 0.00257. The van der Waals surface area contributed by atoms with Crippen molar-refractivity contribution in [1.29, 1.82) is 0 Å². The van der Waals surface area contributed by atoms with E-state index in [4.69, 9.17) is 0 Å². The third-order valence-corrected chi connectivity index (χ3v) is 5.67. The summed E-state index contributed by atoms with van der Waals surface area (Å²) in [4.78, 5) is 35.2. The summed E-state index contributed by atoms with van der Waals surface area (Å²) in [5.41, 5.74) is 1.99. The Hall–Kier alpha value is -3.22. The molecule has 0 spiro atoms. The normalized spacial score (nSPS) is 15.4. The molecule has 1 fully saturated rings. The van der Waals surface area contributed by atoms with E-state index < -0.39 is 6.04 Å². The second-order valence-corrected chi connectivity index (χ2v) is 7.85. The molecule has 1 heterocycles. The van der Waals surface area contributed by atoms with Crippen molar-refractivity contribution in [2.75, 3.05) is 19.0 Å². The molecule has 0 saturated heterocycles. The van der Waals surface area contributed by atoms with Crippen LogP contribution in [0, 0.1) is 5.92 Å². The molecule has 1 aromatic heterocycles. The first-order valence-corrected chi connectivity index (χ1v) is 10.9. The van der Waals surface area contributed by atoms with Crippen LogP contribution in [0.2, 0.25) is 0 Å². The van der Waals surface area contributed by atoms with Gasteiger partial charge in [-0.15, -0.1) is 0 Å². The van der Waals surface area contributed by atoms with Gasteiger partial charge in [0.25, 0.3) is 0 Å². The molecule has 1 aliphatic rings. The van der Waals surface area contributed by atoms with Crippen LogP contribution in [-0.4, -0.2) is 41.9 Å². The quantitative estimate of drug-likeness (QED) is 0.682. The van der Waals surface area contributed by atoms with Gasteiger partial charge in [0.2, 0.25) is 17.8 Å². The van der Waals surface area contributed by atoms with Gasteiger partial charge in [-0.25, -0.2) is 9.97 Å². The van der Waals surface area contributed by atoms with Crippen molar-refractivity contribution in [1.82, 2.24) is 20.6 Å². The topological polar surface area (TPSA) is 87.2 Å².